The third-order valence-corrected chi connectivity index (χ3v) is 5.04. The maximum Gasteiger partial charge on any atom is -0.0292 e. The second-order valence-corrected chi connectivity index (χ2v) is 6.40. The van der Waals surface area contributed by atoms with Crippen LogP contribution in [0.3, 0.4) is 0 Å². The smallest absolute Gasteiger partial charge is 0.0292 e. The van der Waals surface area contributed by atoms with Crippen LogP contribution < -0.4 is 0 Å². The minimum Gasteiger partial charge on any atom is -0.0625 e. The Morgan fingerprint density at radius 1 is 0.857 bits per heavy atom. The van der Waals surface area contributed by atoms with Crippen molar-refractivity contribution in [3.05, 3.63) is 0 Å². The summed E-state index contributed by atoms with van der Waals surface area (Å²) in [6.07, 6.45) is 10.6. The van der Waals surface area contributed by atoms with Gasteiger partial charge in [0.15, 0.2) is 0 Å². The van der Waals surface area contributed by atoms with Crippen LogP contribution in [-0.2, 0) is 0 Å². The molecule has 2 aliphatic rings. The normalized spacial score (nSPS) is 49.5. The van der Waals surface area contributed by atoms with Crippen LogP contribution in [-0.4, -0.2) is 0 Å². The lowest BCUT2D eigenvalue weighted by atomic mass is 9.75. The van der Waals surface area contributed by atoms with Gasteiger partial charge >= 0.3 is 0 Å². The van der Waals surface area contributed by atoms with E-state index in [1.807, 2.05) is 0 Å². The van der Waals surface area contributed by atoms with Crippen LogP contribution in [0, 0.1) is 23.2 Å². The molecule has 0 amide bonds. The highest BCUT2D eigenvalue weighted by atomic mass is 14.4. The Bertz CT molecular complexity index is 196. The first kappa shape index (κ1) is 10.5. The highest BCUT2D eigenvalue weighted by Crippen LogP contribution is 2.52. The van der Waals surface area contributed by atoms with Crippen LogP contribution >= 0.6 is 0 Å². The number of rotatable bonds is 0. The van der Waals surface area contributed by atoms with Gasteiger partial charge in [0, 0.05) is 0 Å². The van der Waals surface area contributed by atoms with Gasteiger partial charge in [-0.25, -0.2) is 0 Å². The van der Waals surface area contributed by atoms with Crippen molar-refractivity contribution < 1.29 is 0 Å². The molecule has 2 rings (SSSR count). The van der Waals surface area contributed by atoms with Crippen molar-refractivity contribution >= 4 is 0 Å². The molecular formula is C14H26. The molecule has 0 heteroatoms. The Morgan fingerprint density at radius 2 is 1.64 bits per heavy atom. The lowest BCUT2D eigenvalue weighted by Gasteiger charge is -2.30. The average Bonchev–Trinajstić information content (AvgIpc) is 2.40. The lowest BCUT2D eigenvalue weighted by Crippen LogP contribution is -2.19. The molecule has 0 heterocycles. The van der Waals surface area contributed by atoms with Crippen molar-refractivity contribution in [2.75, 3.05) is 0 Å². The summed E-state index contributed by atoms with van der Waals surface area (Å²) in [5.41, 5.74) is 0.781. The molecule has 0 bridgehead atoms. The second kappa shape index (κ2) is 3.87. The molecule has 82 valence electrons. The van der Waals surface area contributed by atoms with E-state index >= 15 is 0 Å². The van der Waals surface area contributed by atoms with Crippen molar-refractivity contribution in [2.45, 2.75) is 65.7 Å². The van der Waals surface area contributed by atoms with Crippen molar-refractivity contribution in [3.63, 3.8) is 0 Å². The van der Waals surface area contributed by atoms with Crippen LogP contribution in [0.1, 0.15) is 65.7 Å². The summed E-state index contributed by atoms with van der Waals surface area (Å²) >= 11 is 0. The second-order valence-electron chi connectivity index (χ2n) is 6.40. The minimum absolute atomic E-state index is 0.781. The van der Waals surface area contributed by atoms with Gasteiger partial charge in [-0.15, -0.1) is 0 Å². The zero-order valence-electron chi connectivity index (χ0n) is 10.2. The van der Waals surface area contributed by atoms with Gasteiger partial charge in [-0.05, 0) is 48.9 Å². The zero-order valence-corrected chi connectivity index (χ0v) is 10.2. The number of hydrogen-bond donors (Lipinski definition) is 0. The predicted molar refractivity (Wildman–Crippen MR) is 62.2 cm³/mol. The van der Waals surface area contributed by atoms with Crippen LogP contribution in [0.15, 0.2) is 0 Å². The summed E-state index contributed by atoms with van der Waals surface area (Å²) in [6.45, 7) is 7.40. The Balaban J connectivity index is 2.05. The molecule has 0 aromatic heterocycles. The molecule has 14 heavy (non-hydrogen) atoms. The fourth-order valence-electron chi connectivity index (χ4n) is 3.98. The van der Waals surface area contributed by atoms with Gasteiger partial charge in [0.05, 0.1) is 0 Å². The maximum absolute atomic E-state index is 2.49. The monoisotopic (exact) mass is 194 g/mol. The molecule has 1 spiro atoms. The van der Waals surface area contributed by atoms with E-state index in [1.54, 1.807) is 0 Å². The number of hydrogen-bond acceptors (Lipinski definition) is 0. The van der Waals surface area contributed by atoms with E-state index < -0.39 is 0 Å². The lowest BCUT2D eigenvalue weighted by molar-refractivity contribution is 0.204. The van der Waals surface area contributed by atoms with E-state index in [1.165, 1.54) is 44.9 Å². The van der Waals surface area contributed by atoms with Gasteiger partial charge in [0.1, 0.15) is 0 Å². The van der Waals surface area contributed by atoms with E-state index in [0.29, 0.717) is 0 Å². The van der Waals surface area contributed by atoms with Gasteiger partial charge in [-0.2, -0.15) is 0 Å². The molecule has 0 aromatic carbocycles. The predicted octanol–water partition coefficient (Wildman–Crippen LogP) is 4.64. The molecule has 0 radical (unpaired) electrons. The van der Waals surface area contributed by atoms with E-state index in [0.717, 1.165) is 23.2 Å². The van der Waals surface area contributed by atoms with Crippen LogP contribution in [0.25, 0.3) is 0 Å². The van der Waals surface area contributed by atoms with E-state index in [9.17, 15) is 0 Å². The van der Waals surface area contributed by atoms with Gasteiger partial charge in [-0.1, -0.05) is 40.0 Å². The molecule has 0 aromatic rings. The Labute approximate surface area is 89.5 Å². The van der Waals surface area contributed by atoms with Crippen molar-refractivity contribution in [1.82, 2.24) is 0 Å². The maximum atomic E-state index is 2.49. The van der Waals surface area contributed by atoms with E-state index in [4.69, 9.17) is 0 Å². The van der Waals surface area contributed by atoms with Crippen LogP contribution in [0.4, 0.5) is 0 Å². The average molecular weight is 194 g/mol. The molecule has 2 saturated carbocycles. The van der Waals surface area contributed by atoms with Gasteiger partial charge in [0.2, 0.25) is 0 Å². The molecule has 0 N–H and O–H groups in total. The van der Waals surface area contributed by atoms with Crippen molar-refractivity contribution in [3.8, 4) is 0 Å². The van der Waals surface area contributed by atoms with Crippen LogP contribution in [0.2, 0.25) is 0 Å². The van der Waals surface area contributed by atoms with E-state index in [-0.39, 0.29) is 0 Å². The Hall–Kier alpha value is 0. The Morgan fingerprint density at radius 3 is 2.29 bits per heavy atom. The fourth-order valence-corrected chi connectivity index (χ4v) is 3.98. The topological polar surface area (TPSA) is 0 Å². The SMILES string of the molecule is CC1CCC2(CCCC(C)C(C)C2)C1. The standard InChI is InChI=1S/C14H26/c1-11-6-8-14(9-11)7-4-5-12(2)13(3)10-14/h11-13H,4-10H2,1-3H3. The summed E-state index contributed by atoms with van der Waals surface area (Å²) in [7, 11) is 0. The summed E-state index contributed by atoms with van der Waals surface area (Å²) in [5.74, 6) is 2.96. The minimum atomic E-state index is 0.781. The van der Waals surface area contributed by atoms with Gasteiger partial charge in [-0.3, -0.25) is 0 Å². The summed E-state index contributed by atoms with van der Waals surface area (Å²) in [4.78, 5) is 0. The molecule has 4 atom stereocenters. The highest BCUT2D eigenvalue weighted by Gasteiger charge is 2.40. The highest BCUT2D eigenvalue weighted by molar-refractivity contribution is 4.91. The Kier molecular flexibility index (Phi) is 2.91. The first-order valence-corrected chi connectivity index (χ1v) is 6.61. The quantitative estimate of drug-likeness (QED) is 0.527. The molecule has 0 aliphatic heterocycles. The summed E-state index contributed by atoms with van der Waals surface area (Å²) < 4.78 is 0. The van der Waals surface area contributed by atoms with Crippen molar-refractivity contribution in [1.29, 1.82) is 0 Å². The molecule has 2 aliphatic carbocycles. The first-order chi connectivity index (χ1) is 6.61. The molecule has 0 saturated heterocycles. The van der Waals surface area contributed by atoms with E-state index in [2.05, 4.69) is 20.8 Å². The zero-order chi connectivity index (χ0) is 10.2. The summed E-state index contributed by atoms with van der Waals surface area (Å²) in [5, 5.41) is 0. The van der Waals surface area contributed by atoms with Crippen molar-refractivity contribution in [2.24, 2.45) is 23.2 Å². The van der Waals surface area contributed by atoms with Crippen LogP contribution in [0.5, 0.6) is 0 Å². The molecular weight excluding hydrogens is 168 g/mol. The third kappa shape index (κ3) is 1.99. The molecule has 0 nitrogen and oxygen atoms in total. The summed E-state index contributed by atoms with van der Waals surface area (Å²) in [6, 6.07) is 0. The van der Waals surface area contributed by atoms with Gasteiger partial charge in [0.25, 0.3) is 0 Å². The first-order valence-electron chi connectivity index (χ1n) is 6.61. The third-order valence-electron chi connectivity index (χ3n) is 5.04. The molecule has 4 unspecified atom stereocenters. The fraction of sp³-hybridized carbons (Fsp3) is 1.00. The molecule has 2 fully saturated rings. The largest absolute Gasteiger partial charge is 0.0625 e. The van der Waals surface area contributed by atoms with Gasteiger partial charge < -0.3 is 0 Å².